The summed E-state index contributed by atoms with van der Waals surface area (Å²) in [6, 6.07) is 5.93. The molecule has 2 aliphatic rings. The molecule has 2 N–H and O–H groups in total. The molecular weight excluding hydrogens is 423 g/mol. The number of methoxy groups -OCH3 is 2. The van der Waals surface area contributed by atoms with Crippen LogP contribution in [0.5, 0.6) is 5.75 Å². The van der Waals surface area contributed by atoms with Crippen molar-refractivity contribution in [2.24, 2.45) is 0 Å². The average Bonchev–Trinajstić information content (AvgIpc) is 3.14. The van der Waals surface area contributed by atoms with Gasteiger partial charge in [-0.1, -0.05) is 18.2 Å². The number of halogens is 1. The average molecular weight is 446 g/mol. The van der Waals surface area contributed by atoms with Crippen LogP contribution in [0.15, 0.2) is 29.1 Å². The lowest BCUT2D eigenvalue weighted by Gasteiger charge is -2.37. The second kappa shape index (κ2) is 8.60. The van der Waals surface area contributed by atoms with E-state index in [2.05, 4.69) is 5.32 Å². The summed E-state index contributed by atoms with van der Waals surface area (Å²) in [4.78, 5) is 40.4. The second-order valence-corrected chi connectivity index (χ2v) is 7.49. The quantitative estimate of drug-likeness (QED) is 0.630. The molecule has 4 rings (SSSR count). The summed E-state index contributed by atoms with van der Waals surface area (Å²) in [5.41, 5.74) is -1.12. The first-order valence-electron chi connectivity index (χ1n) is 9.98. The first kappa shape index (κ1) is 21.8. The van der Waals surface area contributed by atoms with Gasteiger partial charge in [0, 0.05) is 32.9 Å². The number of nitrogens with zero attached hydrogens (tertiary/aromatic N) is 3. The van der Waals surface area contributed by atoms with Gasteiger partial charge in [0.25, 0.3) is 11.8 Å². The highest BCUT2D eigenvalue weighted by atomic mass is 19.1. The molecule has 11 heteroatoms. The largest absolute Gasteiger partial charge is 0.502 e. The Balaban J connectivity index is 1.75. The molecule has 32 heavy (non-hydrogen) atoms. The molecule has 1 aromatic carbocycles. The number of amides is 2. The summed E-state index contributed by atoms with van der Waals surface area (Å²) in [7, 11) is 2.93. The van der Waals surface area contributed by atoms with Gasteiger partial charge < -0.3 is 24.8 Å². The number of aromatic nitrogens is 1. The Bertz CT molecular complexity index is 1130. The fourth-order valence-electron chi connectivity index (χ4n) is 4.03. The lowest BCUT2D eigenvalue weighted by molar-refractivity contribution is 0.0623. The minimum absolute atomic E-state index is 0.155. The maximum absolute atomic E-state index is 13.9. The number of pyridine rings is 1. The highest BCUT2D eigenvalue weighted by molar-refractivity contribution is 6.00. The van der Waals surface area contributed by atoms with E-state index in [1.807, 2.05) is 0 Å². The van der Waals surface area contributed by atoms with Gasteiger partial charge in [0.1, 0.15) is 24.2 Å². The van der Waals surface area contributed by atoms with Gasteiger partial charge in [-0.25, -0.2) is 9.07 Å². The maximum atomic E-state index is 13.9. The highest BCUT2D eigenvalue weighted by Crippen LogP contribution is 2.34. The van der Waals surface area contributed by atoms with E-state index in [9.17, 15) is 23.9 Å². The van der Waals surface area contributed by atoms with Crippen LogP contribution < -0.4 is 15.8 Å². The predicted octanol–water partition coefficient (Wildman–Crippen LogP) is 0.322. The van der Waals surface area contributed by atoms with Crippen molar-refractivity contribution in [3.8, 4) is 5.75 Å². The fourth-order valence-corrected chi connectivity index (χ4v) is 4.03. The minimum atomic E-state index is -0.983. The van der Waals surface area contributed by atoms with Crippen LogP contribution >= 0.6 is 0 Å². The molecule has 0 saturated heterocycles. The molecule has 0 bridgehead atoms. The van der Waals surface area contributed by atoms with Gasteiger partial charge in [0.2, 0.25) is 5.43 Å². The van der Waals surface area contributed by atoms with Crippen molar-refractivity contribution in [2.75, 3.05) is 45.6 Å². The lowest BCUT2D eigenvalue weighted by Crippen LogP contribution is -2.53. The molecule has 0 saturated carbocycles. The Labute approximate surface area is 182 Å². The standard InChI is InChI=1S/C21H23FN4O6/c1-31-8-7-24-11-25-10-14(32-2)16-15(18(27)19(28)17(21(24)30)26(16)25)20(29)23-9-12-5-3-4-6-13(12)22/h3-6,14,28H,7-11H2,1-2H3,(H,23,29). The first-order valence-corrected chi connectivity index (χ1v) is 9.98. The smallest absolute Gasteiger partial charge is 0.277 e. The van der Waals surface area contributed by atoms with E-state index in [4.69, 9.17) is 9.47 Å². The third kappa shape index (κ3) is 3.49. The van der Waals surface area contributed by atoms with Crippen LogP contribution in [-0.4, -0.2) is 67.1 Å². The van der Waals surface area contributed by atoms with Crippen molar-refractivity contribution in [1.29, 1.82) is 0 Å². The molecule has 2 amide bonds. The van der Waals surface area contributed by atoms with E-state index in [1.165, 1.54) is 42.0 Å². The SMILES string of the molecule is COCCN1CN2CC(OC)c3c(C(=O)NCc4ccccc4F)c(=O)c(O)c(n32)C1=O. The number of carbonyl (C=O) groups is 2. The number of carbonyl (C=O) groups excluding carboxylic acids is 2. The number of rotatable bonds is 7. The number of aromatic hydroxyl groups is 1. The summed E-state index contributed by atoms with van der Waals surface area (Å²) in [5.74, 6) is -2.66. The number of hydrogen-bond donors (Lipinski definition) is 2. The molecule has 2 aliphatic heterocycles. The van der Waals surface area contributed by atoms with Crippen molar-refractivity contribution in [3.05, 3.63) is 62.8 Å². The van der Waals surface area contributed by atoms with E-state index in [0.717, 1.165) is 0 Å². The molecule has 1 aromatic heterocycles. The molecular formula is C21H23FN4O6. The number of benzene rings is 1. The molecule has 1 atom stereocenters. The molecule has 0 spiro atoms. The zero-order chi connectivity index (χ0) is 23.0. The van der Waals surface area contributed by atoms with E-state index in [1.54, 1.807) is 11.1 Å². The molecule has 170 valence electrons. The van der Waals surface area contributed by atoms with Gasteiger partial charge >= 0.3 is 0 Å². The van der Waals surface area contributed by atoms with Crippen LogP contribution in [-0.2, 0) is 16.0 Å². The summed E-state index contributed by atoms with van der Waals surface area (Å²) < 4.78 is 25.8. The van der Waals surface area contributed by atoms with Gasteiger partial charge in [-0.3, -0.25) is 19.4 Å². The Kier molecular flexibility index (Phi) is 5.85. The molecule has 2 aromatic rings. The molecule has 0 fully saturated rings. The highest BCUT2D eigenvalue weighted by Gasteiger charge is 2.44. The zero-order valence-corrected chi connectivity index (χ0v) is 17.6. The third-order valence-electron chi connectivity index (χ3n) is 5.62. The van der Waals surface area contributed by atoms with E-state index >= 15 is 0 Å². The number of nitrogens with one attached hydrogen (secondary N) is 1. The van der Waals surface area contributed by atoms with Crippen molar-refractivity contribution in [3.63, 3.8) is 0 Å². The predicted molar refractivity (Wildman–Crippen MR) is 111 cm³/mol. The van der Waals surface area contributed by atoms with Crippen LogP contribution in [0.25, 0.3) is 0 Å². The van der Waals surface area contributed by atoms with Crippen molar-refractivity contribution < 1.29 is 28.6 Å². The summed E-state index contributed by atoms with van der Waals surface area (Å²) >= 11 is 0. The minimum Gasteiger partial charge on any atom is -0.502 e. The Morgan fingerprint density at radius 3 is 2.72 bits per heavy atom. The van der Waals surface area contributed by atoms with Crippen LogP contribution in [0.1, 0.15) is 38.2 Å². The molecule has 10 nitrogen and oxygen atoms in total. The third-order valence-corrected chi connectivity index (χ3v) is 5.62. The van der Waals surface area contributed by atoms with Crippen molar-refractivity contribution in [2.45, 2.75) is 12.6 Å². The fraction of sp³-hybridized carbons (Fsp3) is 0.381. The summed E-state index contributed by atoms with van der Waals surface area (Å²) in [5, 5.41) is 14.9. The normalized spacial score (nSPS) is 17.0. The van der Waals surface area contributed by atoms with Gasteiger partial charge in [-0.15, -0.1) is 0 Å². The van der Waals surface area contributed by atoms with Gasteiger partial charge in [-0.05, 0) is 6.07 Å². The van der Waals surface area contributed by atoms with Crippen molar-refractivity contribution in [1.82, 2.24) is 14.9 Å². The molecule has 3 heterocycles. The van der Waals surface area contributed by atoms with E-state index < -0.39 is 34.9 Å². The Morgan fingerprint density at radius 2 is 2.03 bits per heavy atom. The lowest BCUT2D eigenvalue weighted by atomic mass is 10.1. The Hall–Kier alpha value is -3.44. The van der Waals surface area contributed by atoms with Crippen LogP contribution in [0.3, 0.4) is 0 Å². The van der Waals surface area contributed by atoms with Gasteiger partial charge in [-0.2, -0.15) is 0 Å². The zero-order valence-electron chi connectivity index (χ0n) is 17.6. The van der Waals surface area contributed by atoms with E-state index in [-0.39, 0.29) is 55.4 Å². The van der Waals surface area contributed by atoms with Gasteiger partial charge in [0.05, 0.1) is 18.8 Å². The molecule has 1 unspecified atom stereocenters. The monoisotopic (exact) mass is 446 g/mol. The summed E-state index contributed by atoms with van der Waals surface area (Å²) in [6.07, 6.45) is -0.688. The van der Waals surface area contributed by atoms with Crippen LogP contribution in [0.2, 0.25) is 0 Å². The topological polar surface area (TPSA) is 113 Å². The molecule has 0 aliphatic carbocycles. The van der Waals surface area contributed by atoms with Crippen LogP contribution in [0.4, 0.5) is 4.39 Å². The number of hydrogen-bond acceptors (Lipinski definition) is 7. The number of ether oxygens (including phenoxy) is 2. The van der Waals surface area contributed by atoms with Crippen molar-refractivity contribution >= 4 is 11.8 Å². The maximum Gasteiger partial charge on any atom is 0.277 e. The van der Waals surface area contributed by atoms with Crippen LogP contribution in [0, 0.1) is 5.82 Å². The van der Waals surface area contributed by atoms with Gasteiger partial charge in [0.15, 0.2) is 11.4 Å². The second-order valence-electron chi connectivity index (χ2n) is 7.49. The first-order chi connectivity index (χ1) is 15.4. The Morgan fingerprint density at radius 1 is 1.28 bits per heavy atom. The molecule has 0 radical (unpaired) electrons. The summed E-state index contributed by atoms with van der Waals surface area (Å²) in [6.45, 7) is 0.814. The van der Waals surface area contributed by atoms with E-state index in [0.29, 0.717) is 0 Å².